The van der Waals surface area contributed by atoms with E-state index in [1.165, 1.54) is 12.8 Å². The third kappa shape index (κ3) is 8.72. The normalized spacial score (nSPS) is 26.6. The van der Waals surface area contributed by atoms with Crippen molar-refractivity contribution >= 4 is 5.97 Å². The molecule has 2 atom stereocenters. The molecule has 1 aliphatic heterocycles. The van der Waals surface area contributed by atoms with Crippen molar-refractivity contribution in [1.82, 2.24) is 0 Å². The van der Waals surface area contributed by atoms with Gasteiger partial charge in [-0.1, -0.05) is 33.1 Å². The van der Waals surface area contributed by atoms with Gasteiger partial charge in [-0.25, -0.2) is 0 Å². The Bertz CT molecular complexity index is 178. The summed E-state index contributed by atoms with van der Waals surface area (Å²) in [6.45, 7) is 6.19. The fourth-order valence-corrected chi connectivity index (χ4v) is 1.48. The number of cyclic esters (lactones) is 1. The van der Waals surface area contributed by atoms with E-state index in [1.54, 1.807) is 0 Å². The Labute approximate surface area is 99.2 Å². The SMILES string of the molecule is CC1CC(O)CCCCC(=O)O1.CCCC. The van der Waals surface area contributed by atoms with Gasteiger partial charge in [0.25, 0.3) is 0 Å². The van der Waals surface area contributed by atoms with E-state index in [-0.39, 0.29) is 18.2 Å². The molecule has 1 heterocycles. The van der Waals surface area contributed by atoms with E-state index in [1.807, 2.05) is 6.92 Å². The molecule has 0 aliphatic carbocycles. The maximum Gasteiger partial charge on any atom is 0.306 e. The molecular weight excluding hydrogens is 204 g/mol. The second-order valence-corrected chi connectivity index (χ2v) is 4.44. The van der Waals surface area contributed by atoms with Crippen molar-refractivity contribution in [1.29, 1.82) is 0 Å². The highest BCUT2D eigenvalue weighted by Crippen LogP contribution is 2.14. The van der Waals surface area contributed by atoms with E-state index < -0.39 is 0 Å². The number of aliphatic hydroxyl groups is 1. The first-order chi connectivity index (χ1) is 7.60. The number of aliphatic hydroxyl groups excluding tert-OH is 1. The smallest absolute Gasteiger partial charge is 0.306 e. The Balaban J connectivity index is 0.000000487. The molecule has 0 aromatic heterocycles. The molecule has 0 amide bonds. The Morgan fingerprint density at radius 1 is 1.31 bits per heavy atom. The van der Waals surface area contributed by atoms with E-state index in [9.17, 15) is 9.90 Å². The Hall–Kier alpha value is -0.570. The first kappa shape index (κ1) is 15.4. The van der Waals surface area contributed by atoms with Crippen molar-refractivity contribution in [2.24, 2.45) is 0 Å². The lowest BCUT2D eigenvalue weighted by Crippen LogP contribution is -2.19. The van der Waals surface area contributed by atoms with Crippen LogP contribution in [0, 0.1) is 0 Å². The van der Waals surface area contributed by atoms with Crippen molar-refractivity contribution in [3.8, 4) is 0 Å². The molecule has 16 heavy (non-hydrogen) atoms. The molecule has 1 N–H and O–H groups in total. The van der Waals surface area contributed by atoms with Crippen molar-refractivity contribution in [3.05, 3.63) is 0 Å². The van der Waals surface area contributed by atoms with E-state index in [4.69, 9.17) is 4.74 Å². The molecule has 1 fully saturated rings. The van der Waals surface area contributed by atoms with Crippen LogP contribution < -0.4 is 0 Å². The second-order valence-electron chi connectivity index (χ2n) is 4.44. The summed E-state index contributed by atoms with van der Waals surface area (Å²) in [4.78, 5) is 11.0. The quantitative estimate of drug-likeness (QED) is 0.704. The summed E-state index contributed by atoms with van der Waals surface area (Å²) >= 11 is 0. The highest BCUT2D eigenvalue weighted by molar-refractivity contribution is 5.69. The van der Waals surface area contributed by atoms with E-state index in [2.05, 4.69) is 13.8 Å². The monoisotopic (exact) mass is 230 g/mol. The lowest BCUT2D eigenvalue weighted by atomic mass is 10.1. The molecule has 0 aromatic rings. The van der Waals surface area contributed by atoms with Gasteiger partial charge in [-0.3, -0.25) is 4.79 Å². The maximum atomic E-state index is 11.0. The lowest BCUT2D eigenvalue weighted by Gasteiger charge is -2.14. The summed E-state index contributed by atoms with van der Waals surface area (Å²) in [6.07, 6.45) is 5.83. The summed E-state index contributed by atoms with van der Waals surface area (Å²) in [7, 11) is 0. The van der Waals surface area contributed by atoms with Crippen LogP contribution in [0.5, 0.6) is 0 Å². The van der Waals surface area contributed by atoms with Crippen LogP contribution in [0.25, 0.3) is 0 Å². The molecule has 1 saturated heterocycles. The van der Waals surface area contributed by atoms with Gasteiger partial charge in [0, 0.05) is 12.8 Å². The predicted molar refractivity (Wildman–Crippen MR) is 65.2 cm³/mol. The number of carbonyl (C=O) groups excluding carboxylic acids is 1. The number of hydrogen-bond donors (Lipinski definition) is 1. The van der Waals surface area contributed by atoms with E-state index in [0.29, 0.717) is 12.8 Å². The van der Waals surface area contributed by atoms with Crippen molar-refractivity contribution in [2.45, 2.75) is 77.9 Å². The van der Waals surface area contributed by atoms with E-state index >= 15 is 0 Å². The average molecular weight is 230 g/mol. The Morgan fingerprint density at radius 3 is 2.50 bits per heavy atom. The molecule has 1 rings (SSSR count). The minimum Gasteiger partial charge on any atom is -0.463 e. The fraction of sp³-hybridized carbons (Fsp3) is 0.923. The average Bonchev–Trinajstić information content (AvgIpc) is 2.30. The minimum absolute atomic E-state index is 0.128. The van der Waals surface area contributed by atoms with Crippen molar-refractivity contribution in [3.63, 3.8) is 0 Å². The van der Waals surface area contributed by atoms with Crippen LogP contribution in [0.4, 0.5) is 0 Å². The van der Waals surface area contributed by atoms with Gasteiger partial charge in [-0.15, -0.1) is 0 Å². The number of unbranched alkanes of at least 4 members (excludes halogenated alkanes) is 1. The zero-order valence-corrected chi connectivity index (χ0v) is 10.9. The minimum atomic E-state index is -0.300. The maximum absolute atomic E-state index is 11.0. The highest BCUT2D eigenvalue weighted by atomic mass is 16.5. The Morgan fingerprint density at radius 2 is 1.94 bits per heavy atom. The number of rotatable bonds is 1. The molecule has 3 heteroatoms. The van der Waals surface area contributed by atoms with Gasteiger partial charge in [0.15, 0.2) is 0 Å². The second kappa shape index (κ2) is 9.64. The summed E-state index contributed by atoms with van der Waals surface area (Å²) in [5.74, 6) is -0.128. The summed E-state index contributed by atoms with van der Waals surface area (Å²) in [5, 5.41) is 9.40. The van der Waals surface area contributed by atoms with Crippen molar-refractivity contribution < 1.29 is 14.6 Å². The largest absolute Gasteiger partial charge is 0.463 e. The fourth-order valence-electron chi connectivity index (χ4n) is 1.48. The van der Waals surface area contributed by atoms with Crippen molar-refractivity contribution in [2.75, 3.05) is 0 Å². The van der Waals surface area contributed by atoms with E-state index in [0.717, 1.165) is 19.3 Å². The summed E-state index contributed by atoms with van der Waals surface area (Å²) in [6, 6.07) is 0. The molecular formula is C13H26O3. The number of ether oxygens (including phenoxy) is 1. The standard InChI is InChI=1S/C9H16O3.C4H10/c1-7-6-8(10)4-2-3-5-9(11)12-7;1-3-4-2/h7-8,10H,2-6H2,1H3;3-4H2,1-2H3. The van der Waals surface area contributed by atoms with Crippen LogP contribution in [-0.2, 0) is 9.53 Å². The van der Waals surface area contributed by atoms with Gasteiger partial charge < -0.3 is 9.84 Å². The van der Waals surface area contributed by atoms with Gasteiger partial charge in [0.1, 0.15) is 6.10 Å². The summed E-state index contributed by atoms with van der Waals surface area (Å²) < 4.78 is 5.04. The van der Waals surface area contributed by atoms with Crippen LogP contribution in [-0.4, -0.2) is 23.3 Å². The van der Waals surface area contributed by atoms with Gasteiger partial charge >= 0.3 is 5.97 Å². The first-order valence-electron chi connectivity index (χ1n) is 6.47. The van der Waals surface area contributed by atoms with Gasteiger partial charge in [0.05, 0.1) is 6.10 Å². The zero-order valence-electron chi connectivity index (χ0n) is 10.9. The number of carbonyl (C=O) groups is 1. The van der Waals surface area contributed by atoms with Crippen LogP contribution in [0.3, 0.4) is 0 Å². The van der Waals surface area contributed by atoms with Gasteiger partial charge in [0.2, 0.25) is 0 Å². The summed E-state index contributed by atoms with van der Waals surface area (Å²) in [5.41, 5.74) is 0. The first-order valence-corrected chi connectivity index (χ1v) is 6.47. The number of hydrogen-bond acceptors (Lipinski definition) is 3. The van der Waals surface area contributed by atoms with Crippen LogP contribution >= 0.6 is 0 Å². The highest BCUT2D eigenvalue weighted by Gasteiger charge is 2.16. The molecule has 1 aliphatic rings. The number of esters is 1. The molecule has 3 nitrogen and oxygen atoms in total. The molecule has 0 saturated carbocycles. The molecule has 0 spiro atoms. The van der Waals surface area contributed by atoms with Crippen LogP contribution in [0.1, 0.15) is 65.7 Å². The zero-order chi connectivity index (χ0) is 12.4. The molecule has 96 valence electrons. The van der Waals surface area contributed by atoms with Crippen LogP contribution in [0.15, 0.2) is 0 Å². The molecule has 0 aromatic carbocycles. The molecule has 0 bridgehead atoms. The molecule has 0 radical (unpaired) electrons. The molecule has 2 unspecified atom stereocenters. The van der Waals surface area contributed by atoms with Gasteiger partial charge in [-0.05, 0) is 19.8 Å². The van der Waals surface area contributed by atoms with Gasteiger partial charge in [-0.2, -0.15) is 0 Å². The Kier molecular flexibility index (Phi) is 9.30. The predicted octanol–water partition coefficient (Wildman–Crippen LogP) is 3.05. The third-order valence-corrected chi connectivity index (χ3v) is 2.60. The lowest BCUT2D eigenvalue weighted by molar-refractivity contribution is -0.149. The third-order valence-electron chi connectivity index (χ3n) is 2.60. The topological polar surface area (TPSA) is 46.5 Å². The van der Waals surface area contributed by atoms with Crippen LogP contribution in [0.2, 0.25) is 0 Å².